The molecule has 8 heteroatoms. The maximum atomic E-state index is 12.9. The predicted octanol–water partition coefficient (Wildman–Crippen LogP) is 0.913. The number of nitrogens with one attached hydrogen (secondary N) is 1. The maximum absolute atomic E-state index is 12.9. The molecule has 0 radical (unpaired) electrons. The minimum atomic E-state index is -3.48. The number of carbonyl (C=O) groups is 1. The highest BCUT2D eigenvalue weighted by Gasteiger charge is 2.31. The zero-order chi connectivity index (χ0) is 20.3. The van der Waals surface area contributed by atoms with Crippen molar-refractivity contribution in [3.63, 3.8) is 0 Å². The standard InChI is InChI=1S/C20H27N3O3S2/c1-16-4-5-19(12-17(16)2)28(25,26)23-9-7-22(8-10-23)14-20(24)21(3)13-18-6-11-27-15-18/h4-6,11-12,15H,7-10,13-14H2,1-3H3/p+1. The van der Waals surface area contributed by atoms with E-state index in [1.165, 1.54) is 0 Å². The third kappa shape index (κ3) is 4.81. The summed E-state index contributed by atoms with van der Waals surface area (Å²) in [6, 6.07) is 7.30. The molecule has 1 aromatic carbocycles. The van der Waals surface area contributed by atoms with Crippen LogP contribution < -0.4 is 4.90 Å². The molecule has 0 aliphatic carbocycles. The van der Waals surface area contributed by atoms with E-state index >= 15 is 0 Å². The number of thiophene rings is 1. The van der Waals surface area contributed by atoms with E-state index in [1.807, 2.05) is 43.8 Å². The van der Waals surface area contributed by atoms with Crippen LogP contribution in [-0.2, 0) is 21.4 Å². The minimum Gasteiger partial charge on any atom is -0.337 e. The van der Waals surface area contributed by atoms with Gasteiger partial charge in [0, 0.05) is 13.6 Å². The van der Waals surface area contributed by atoms with Crippen molar-refractivity contribution in [2.24, 2.45) is 0 Å². The normalized spacial score (nSPS) is 16.2. The number of piperazine rings is 1. The molecule has 2 heterocycles. The summed E-state index contributed by atoms with van der Waals surface area (Å²) >= 11 is 1.63. The Morgan fingerprint density at radius 3 is 2.50 bits per heavy atom. The number of aryl methyl sites for hydroxylation is 2. The molecule has 0 saturated carbocycles. The second-order valence-corrected chi connectivity index (χ2v) is 10.2. The molecule has 1 fully saturated rings. The summed E-state index contributed by atoms with van der Waals surface area (Å²) in [5.74, 6) is 0.0895. The van der Waals surface area contributed by atoms with Crippen molar-refractivity contribution in [2.45, 2.75) is 25.3 Å². The van der Waals surface area contributed by atoms with E-state index in [1.54, 1.807) is 32.7 Å². The Morgan fingerprint density at radius 1 is 1.18 bits per heavy atom. The second-order valence-electron chi connectivity index (χ2n) is 7.46. The van der Waals surface area contributed by atoms with Crippen LogP contribution in [0, 0.1) is 13.8 Å². The maximum Gasteiger partial charge on any atom is 0.277 e. The lowest BCUT2D eigenvalue weighted by atomic mass is 10.1. The number of benzene rings is 1. The van der Waals surface area contributed by atoms with E-state index in [0.717, 1.165) is 21.6 Å². The first kappa shape index (κ1) is 21.0. The summed E-state index contributed by atoms with van der Waals surface area (Å²) in [6.07, 6.45) is 0. The van der Waals surface area contributed by atoms with Crippen LogP contribution in [0.2, 0.25) is 0 Å². The van der Waals surface area contributed by atoms with Gasteiger partial charge in [0.25, 0.3) is 5.91 Å². The summed E-state index contributed by atoms with van der Waals surface area (Å²) < 4.78 is 27.4. The molecular formula is C20H28N3O3S2+. The van der Waals surface area contributed by atoms with E-state index in [4.69, 9.17) is 0 Å². The Morgan fingerprint density at radius 2 is 1.89 bits per heavy atom. The Kier molecular flexibility index (Phi) is 6.54. The van der Waals surface area contributed by atoms with Gasteiger partial charge in [-0.1, -0.05) is 6.07 Å². The predicted molar refractivity (Wildman–Crippen MR) is 111 cm³/mol. The molecule has 1 aromatic heterocycles. The molecule has 28 heavy (non-hydrogen) atoms. The first-order valence-electron chi connectivity index (χ1n) is 9.43. The van der Waals surface area contributed by atoms with Crippen molar-refractivity contribution < 1.29 is 18.1 Å². The number of quaternary nitrogens is 1. The van der Waals surface area contributed by atoms with Crippen LogP contribution >= 0.6 is 11.3 Å². The highest BCUT2D eigenvalue weighted by Crippen LogP contribution is 2.19. The van der Waals surface area contributed by atoms with Crippen molar-refractivity contribution in [3.05, 3.63) is 51.7 Å². The van der Waals surface area contributed by atoms with E-state index < -0.39 is 10.0 Å². The minimum absolute atomic E-state index is 0.0895. The fourth-order valence-corrected chi connectivity index (χ4v) is 5.52. The van der Waals surface area contributed by atoms with Gasteiger partial charge in [0.15, 0.2) is 6.54 Å². The summed E-state index contributed by atoms with van der Waals surface area (Å²) in [4.78, 5) is 15.7. The summed E-state index contributed by atoms with van der Waals surface area (Å²) in [7, 11) is -1.66. The van der Waals surface area contributed by atoms with E-state index in [0.29, 0.717) is 44.2 Å². The van der Waals surface area contributed by atoms with Gasteiger partial charge in [0.1, 0.15) is 0 Å². The fraction of sp³-hybridized carbons (Fsp3) is 0.450. The van der Waals surface area contributed by atoms with Gasteiger partial charge in [-0.3, -0.25) is 4.79 Å². The van der Waals surface area contributed by atoms with Gasteiger partial charge in [-0.15, -0.1) is 0 Å². The molecule has 1 N–H and O–H groups in total. The van der Waals surface area contributed by atoms with Gasteiger partial charge in [-0.05, 0) is 59.5 Å². The molecule has 1 aliphatic rings. The van der Waals surface area contributed by atoms with Crippen LogP contribution in [0.5, 0.6) is 0 Å². The molecule has 6 nitrogen and oxygen atoms in total. The van der Waals surface area contributed by atoms with Crippen molar-refractivity contribution in [3.8, 4) is 0 Å². The number of carbonyl (C=O) groups excluding carboxylic acids is 1. The average Bonchev–Trinajstić information content (AvgIpc) is 3.17. The molecular weight excluding hydrogens is 394 g/mol. The smallest absolute Gasteiger partial charge is 0.277 e. The second kappa shape index (κ2) is 8.73. The lowest BCUT2D eigenvalue weighted by Crippen LogP contribution is -3.15. The van der Waals surface area contributed by atoms with Gasteiger partial charge >= 0.3 is 0 Å². The first-order valence-corrected chi connectivity index (χ1v) is 11.8. The number of hydrogen-bond donors (Lipinski definition) is 1. The molecule has 0 spiro atoms. The quantitative estimate of drug-likeness (QED) is 0.753. The lowest BCUT2D eigenvalue weighted by Gasteiger charge is -2.32. The monoisotopic (exact) mass is 422 g/mol. The van der Waals surface area contributed by atoms with Crippen molar-refractivity contribution in [2.75, 3.05) is 39.8 Å². The number of rotatable bonds is 6. The molecule has 0 atom stereocenters. The third-order valence-electron chi connectivity index (χ3n) is 5.37. The van der Waals surface area contributed by atoms with Crippen molar-refractivity contribution in [1.82, 2.24) is 9.21 Å². The van der Waals surface area contributed by atoms with Crippen LogP contribution in [0.1, 0.15) is 16.7 Å². The van der Waals surface area contributed by atoms with Crippen LogP contribution in [0.25, 0.3) is 0 Å². The molecule has 1 amide bonds. The van der Waals surface area contributed by atoms with Crippen LogP contribution in [-0.4, -0.2) is 63.3 Å². The molecule has 2 aromatic rings. The van der Waals surface area contributed by atoms with Gasteiger partial charge in [0.05, 0.1) is 31.1 Å². The van der Waals surface area contributed by atoms with Crippen LogP contribution in [0.15, 0.2) is 39.9 Å². The zero-order valence-electron chi connectivity index (χ0n) is 16.6. The molecule has 152 valence electrons. The topological polar surface area (TPSA) is 62.1 Å². The Bertz CT molecular complexity index is 918. The summed E-state index contributed by atoms with van der Waals surface area (Å²) in [5.41, 5.74) is 3.20. The number of amides is 1. The van der Waals surface area contributed by atoms with Gasteiger partial charge in [-0.25, -0.2) is 8.42 Å². The average molecular weight is 423 g/mol. The van der Waals surface area contributed by atoms with E-state index in [9.17, 15) is 13.2 Å². The number of likely N-dealkylation sites (N-methyl/N-ethyl adjacent to an activating group) is 1. The molecule has 0 bridgehead atoms. The highest BCUT2D eigenvalue weighted by molar-refractivity contribution is 7.89. The fourth-order valence-electron chi connectivity index (χ4n) is 3.34. The third-order valence-corrected chi connectivity index (χ3v) is 8.00. The van der Waals surface area contributed by atoms with Crippen molar-refractivity contribution >= 4 is 27.3 Å². The van der Waals surface area contributed by atoms with Crippen molar-refractivity contribution in [1.29, 1.82) is 0 Å². The SMILES string of the molecule is Cc1ccc(S(=O)(=O)N2CC[NH+](CC(=O)N(C)Cc3ccsc3)CC2)cc1C. The van der Waals surface area contributed by atoms with Gasteiger partial charge in [-0.2, -0.15) is 15.6 Å². The highest BCUT2D eigenvalue weighted by atomic mass is 32.2. The van der Waals surface area contributed by atoms with E-state index in [-0.39, 0.29) is 5.91 Å². The first-order chi connectivity index (χ1) is 13.3. The Hall–Kier alpha value is -1.74. The summed E-state index contributed by atoms with van der Waals surface area (Å²) in [5, 5.41) is 4.06. The number of nitrogens with zero attached hydrogens (tertiary/aromatic N) is 2. The Balaban J connectivity index is 1.55. The zero-order valence-corrected chi connectivity index (χ0v) is 18.3. The van der Waals surface area contributed by atoms with Crippen LogP contribution in [0.4, 0.5) is 0 Å². The van der Waals surface area contributed by atoms with Crippen LogP contribution in [0.3, 0.4) is 0 Å². The lowest BCUT2D eigenvalue weighted by molar-refractivity contribution is -0.896. The molecule has 0 unspecified atom stereocenters. The van der Waals surface area contributed by atoms with Gasteiger partial charge in [0.2, 0.25) is 10.0 Å². The van der Waals surface area contributed by atoms with E-state index in [2.05, 4.69) is 0 Å². The number of hydrogen-bond acceptors (Lipinski definition) is 4. The Labute approximate surface area is 171 Å². The molecule has 3 rings (SSSR count). The summed E-state index contributed by atoms with van der Waals surface area (Å²) in [6.45, 7) is 7.07. The molecule has 1 saturated heterocycles. The molecule has 1 aliphatic heterocycles. The van der Waals surface area contributed by atoms with Gasteiger partial charge < -0.3 is 9.80 Å². The largest absolute Gasteiger partial charge is 0.337 e. The number of sulfonamides is 1.